The SMILES string of the molecule is CC(C)(C)OC(=O)NN=CC1=C(C(=O)O)N2C(=O)C(NC(=O)Cc3cccs3)[C@@H]2SC1. The lowest BCUT2D eigenvalue weighted by atomic mass is 10.0. The predicted molar refractivity (Wildman–Crippen MR) is 116 cm³/mol. The van der Waals surface area contributed by atoms with Crippen LogP contribution in [0.2, 0.25) is 0 Å². The van der Waals surface area contributed by atoms with Gasteiger partial charge in [0.05, 0.1) is 12.6 Å². The number of fused-ring (bicyclic) bond motifs is 1. The van der Waals surface area contributed by atoms with E-state index in [4.69, 9.17) is 4.74 Å². The molecule has 0 aromatic carbocycles. The van der Waals surface area contributed by atoms with E-state index in [0.717, 1.165) is 9.78 Å². The number of carboxylic acids is 1. The van der Waals surface area contributed by atoms with Gasteiger partial charge in [-0.25, -0.2) is 15.0 Å². The number of hydrogen-bond acceptors (Lipinski definition) is 8. The normalized spacial score (nSPS) is 20.9. The number of hydrogen-bond donors (Lipinski definition) is 3. The Kier molecular flexibility index (Phi) is 6.70. The number of carboxylic acid groups (broad SMARTS) is 1. The summed E-state index contributed by atoms with van der Waals surface area (Å²) in [5.41, 5.74) is 1.52. The van der Waals surface area contributed by atoms with Crippen LogP contribution in [0.25, 0.3) is 0 Å². The molecule has 0 saturated carbocycles. The minimum absolute atomic E-state index is 0.161. The fraction of sp³-hybridized carbons (Fsp3) is 0.421. The molecule has 1 unspecified atom stereocenters. The van der Waals surface area contributed by atoms with E-state index in [1.165, 1.54) is 29.3 Å². The summed E-state index contributed by atoms with van der Waals surface area (Å²) in [7, 11) is 0. The van der Waals surface area contributed by atoms with Gasteiger partial charge < -0.3 is 15.2 Å². The molecule has 0 radical (unpaired) electrons. The van der Waals surface area contributed by atoms with E-state index < -0.39 is 35.0 Å². The molecule has 3 rings (SSSR count). The number of rotatable bonds is 6. The van der Waals surface area contributed by atoms with Crippen molar-refractivity contribution in [1.29, 1.82) is 0 Å². The van der Waals surface area contributed by atoms with Gasteiger partial charge in [-0.2, -0.15) is 5.10 Å². The highest BCUT2D eigenvalue weighted by Crippen LogP contribution is 2.39. The first-order valence-corrected chi connectivity index (χ1v) is 11.2. The molecule has 0 aliphatic carbocycles. The molecule has 31 heavy (non-hydrogen) atoms. The number of β-lactam (4-membered cyclic amide) rings is 1. The molecule has 1 aromatic rings. The van der Waals surface area contributed by atoms with Gasteiger partial charge in [0.1, 0.15) is 22.7 Å². The highest BCUT2D eigenvalue weighted by atomic mass is 32.2. The Labute approximate surface area is 186 Å². The number of aliphatic carboxylic acids is 1. The molecular weight excluding hydrogens is 444 g/mol. The number of nitrogens with one attached hydrogen (secondary N) is 2. The Morgan fingerprint density at radius 1 is 1.39 bits per heavy atom. The lowest BCUT2D eigenvalue weighted by Gasteiger charge is -2.49. The molecule has 0 spiro atoms. The van der Waals surface area contributed by atoms with E-state index in [1.807, 2.05) is 17.5 Å². The van der Waals surface area contributed by atoms with E-state index in [-0.39, 0.29) is 29.4 Å². The Balaban J connectivity index is 1.66. The van der Waals surface area contributed by atoms with Gasteiger partial charge in [0.2, 0.25) is 5.91 Å². The lowest BCUT2D eigenvalue weighted by Crippen LogP contribution is -2.70. The molecule has 3 N–H and O–H groups in total. The van der Waals surface area contributed by atoms with E-state index in [2.05, 4.69) is 15.8 Å². The van der Waals surface area contributed by atoms with Gasteiger partial charge in [-0.1, -0.05) is 6.07 Å². The van der Waals surface area contributed by atoms with Crippen molar-refractivity contribution in [3.8, 4) is 0 Å². The van der Waals surface area contributed by atoms with Crippen LogP contribution in [0.4, 0.5) is 4.79 Å². The van der Waals surface area contributed by atoms with Gasteiger partial charge in [0, 0.05) is 16.2 Å². The van der Waals surface area contributed by atoms with Crippen LogP contribution in [0, 0.1) is 0 Å². The minimum Gasteiger partial charge on any atom is -0.477 e. The molecule has 3 amide bonds. The third-order valence-electron chi connectivity index (χ3n) is 4.21. The minimum atomic E-state index is -1.29. The van der Waals surface area contributed by atoms with Gasteiger partial charge in [0.15, 0.2) is 0 Å². The fourth-order valence-electron chi connectivity index (χ4n) is 3.00. The maximum absolute atomic E-state index is 12.6. The van der Waals surface area contributed by atoms with Crippen molar-refractivity contribution in [2.45, 2.75) is 44.2 Å². The van der Waals surface area contributed by atoms with E-state index in [9.17, 15) is 24.3 Å². The summed E-state index contributed by atoms with van der Waals surface area (Å²) in [6.45, 7) is 5.10. The number of carbonyl (C=O) groups is 4. The first-order valence-electron chi connectivity index (χ1n) is 9.32. The van der Waals surface area contributed by atoms with Crippen molar-refractivity contribution in [2.24, 2.45) is 5.10 Å². The summed E-state index contributed by atoms with van der Waals surface area (Å²) in [6, 6.07) is 2.88. The molecule has 1 fully saturated rings. The number of hydrazone groups is 1. The zero-order valence-electron chi connectivity index (χ0n) is 17.1. The molecule has 166 valence electrons. The van der Waals surface area contributed by atoms with E-state index >= 15 is 0 Å². The molecule has 1 saturated heterocycles. The van der Waals surface area contributed by atoms with Gasteiger partial charge in [-0.15, -0.1) is 23.1 Å². The van der Waals surface area contributed by atoms with Crippen LogP contribution in [0.5, 0.6) is 0 Å². The number of carbonyl (C=O) groups excluding carboxylic acids is 3. The number of thiophene rings is 1. The summed E-state index contributed by atoms with van der Waals surface area (Å²) in [6.07, 6.45) is 0.567. The number of thioether (sulfide) groups is 1. The molecule has 2 aliphatic heterocycles. The van der Waals surface area contributed by atoms with E-state index in [0.29, 0.717) is 0 Å². The first-order chi connectivity index (χ1) is 14.6. The molecule has 2 atom stereocenters. The second-order valence-corrected chi connectivity index (χ2v) is 9.90. The van der Waals surface area contributed by atoms with E-state index in [1.54, 1.807) is 20.8 Å². The molecule has 2 aliphatic rings. The van der Waals surface area contributed by atoms with Crippen molar-refractivity contribution >= 4 is 53.2 Å². The quantitative estimate of drug-likeness (QED) is 0.328. The Hall–Kier alpha value is -2.86. The monoisotopic (exact) mass is 466 g/mol. The van der Waals surface area contributed by atoms with Crippen LogP contribution in [-0.4, -0.2) is 62.9 Å². The standard InChI is InChI=1S/C19H22N4O6S2/c1-19(2,3)29-18(28)22-20-8-10-9-31-16-13(15(25)23(16)14(10)17(26)27)21-12(24)7-11-5-4-6-30-11/h4-6,8,13,16H,7,9H2,1-3H3,(H,21,24)(H,22,28)(H,26,27)/t13?,16-/m0/s1. The van der Waals surface area contributed by atoms with Crippen LogP contribution in [0.1, 0.15) is 25.6 Å². The second-order valence-electron chi connectivity index (χ2n) is 7.76. The summed E-state index contributed by atoms with van der Waals surface area (Å²) >= 11 is 2.75. The Bertz CT molecular complexity index is 951. The molecule has 0 bridgehead atoms. The third-order valence-corrected chi connectivity index (χ3v) is 6.39. The maximum Gasteiger partial charge on any atom is 0.428 e. The van der Waals surface area contributed by atoms with Crippen LogP contribution >= 0.6 is 23.1 Å². The Morgan fingerprint density at radius 3 is 2.74 bits per heavy atom. The second kappa shape index (κ2) is 9.10. The molecule has 3 heterocycles. The first kappa shape index (κ1) is 22.8. The highest BCUT2D eigenvalue weighted by molar-refractivity contribution is 8.00. The number of nitrogens with zero attached hydrogens (tertiary/aromatic N) is 2. The predicted octanol–water partition coefficient (Wildman–Crippen LogP) is 1.54. The molecule has 1 aromatic heterocycles. The van der Waals surface area contributed by atoms with Crippen molar-refractivity contribution in [1.82, 2.24) is 15.6 Å². The smallest absolute Gasteiger partial charge is 0.428 e. The third kappa shape index (κ3) is 5.44. The zero-order valence-corrected chi connectivity index (χ0v) is 18.7. The average molecular weight is 467 g/mol. The number of amides is 3. The van der Waals surface area contributed by atoms with Gasteiger partial charge in [-0.05, 0) is 32.2 Å². The van der Waals surface area contributed by atoms with Crippen molar-refractivity contribution in [3.63, 3.8) is 0 Å². The fourth-order valence-corrected chi connectivity index (χ4v) is 5.00. The number of ether oxygens (including phenoxy) is 1. The van der Waals surface area contributed by atoms with Crippen LogP contribution < -0.4 is 10.7 Å². The summed E-state index contributed by atoms with van der Waals surface area (Å²) < 4.78 is 5.05. The molecule has 12 heteroatoms. The maximum atomic E-state index is 12.6. The molecular formula is C19H22N4O6S2. The van der Waals surface area contributed by atoms with Crippen molar-refractivity contribution < 1.29 is 29.0 Å². The largest absolute Gasteiger partial charge is 0.477 e. The van der Waals surface area contributed by atoms with Crippen LogP contribution in [-0.2, 0) is 25.5 Å². The lowest BCUT2D eigenvalue weighted by molar-refractivity contribution is -0.150. The summed E-state index contributed by atoms with van der Waals surface area (Å²) in [4.78, 5) is 50.3. The van der Waals surface area contributed by atoms with Gasteiger partial charge in [0.25, 0.3) is 5.91 Å². The van der Waals surface area contributed by atoms with Crippen molar-refractivity contribution in [3.05, 3.63) is 33.7 Å². The van der Waals surface area contributed by atoms with Crippen molar-refractivity contribution in [2.75, 3.05) is 5.75 Å². The summed E-state index contributed by atoms with van der Waals surface area (Å²) in [5, 5.41) is 17.4. The Morgan fingerprint density at radius 2 is 2.13 bits per heavy atom. The zero-order chi connectivity index (χ0) is 22.8. The highest BCUT2D eigenvalue weighted by Gasteiger charge is 2.54. The van der Waals surface area contributed by atoms with Gasteiger partial charge >= 0.3 is 12.1 Å². The van der Waals surface area contributed by atoms with Gasteiger partial charge in [-0.3, -0.25) is 14.5 Å². The topological polar surface area (TPSA) is 137 Å². The molecule has 10 nitrogen and oxygen atoms in total. The van der Waals surface area contributed by atoms with Crippen LogP contribution in [0.15, 0.2) is 33.9 Å². The van der Waals surface area contributed by atoms with Crippen LogP contribution in [0.3, 0.4) is 0 Å². The summed E-state index contributed by atoms with van der Waals surface area (Å²) in [5.74, 6) is -1.84. The average Bonchev–Trinajstić information content (AvgIpc) is 3.16.